The molecule has 0 radical (unpaired) electrons. The number of aryl methyl sites for hydroxylation is 3. The summed E-state index contributed by atoms with van der Waals surface area (Å²) in [6.45, 7) is 4.27. The third kappa shape index (κ3) is 3.08. The van der Waals surface area contributed by atoms with Crippen LogP contribution in [-0.2, 0) is 32.0 Å². The first kappa shape index (κ1) is 16.3. The average Bonchev–Trinajstić information content (AvgIpc) is 3.05. The van der Waals surface area contributed by atoms with Crippen LogP contribution in [0.25, 0.3) is 0 Å². The number of hydrogen-bond acceptors (Lipinski definition) is 4. The SMILES string of the molecule is Cc1cc(CN2Cc3ncn(C)c3C(C(=O)NC3CCC3)C2)n(C)n1. The molecular formula is C18H26N6O. The van der Waals surface area contributed by atoms with Gasteiger partial charge in [-0.05, 0) is 32.3 Å². The number of amides is 1. The molecule has 2 aromatic rings. The maximum atomic E-state index is 12.9. The minimum Gasteiger partial charge on any atom is -0.353 e. The van der Waals surface area contributed by atoms with E-state index in [0.29, 0.717) is 6.04 Å². The van der Waals surface area contributed by atoms with E-state index in [1.54, 1.807) is 0 Å². The third-order valence-electron chi connectivity index (χ3n) is 5.46. The molecule has 7 heteroatoms. The predicted octanol–water partition coefficient (Wildman–Crippen LogP) is 1.23. The number of carbonyl (C=O) groups excluding carboxylic acids is 1. The zero-order valence-electron chi connectivity index (χ0n) is 15.2. The normalized spacial score (nSPS) is 21.0. The number of imidazole rings is 1. The first-order valence-corrected chi connectivity index (χ1v) is 9.03. The fourth-order valence-corrected chi connectivity index (χ4v) is 3.90. The first-order chi connectivity index (χ1) is 12.0. The van der Waals surface area contributed by atoms with Gasteiger partial charge in [-0.2, -0.15) is 5.10 Å². The highest BCUT2D eigenvalue weighted by atomic mass is 16.2. The van der Waals surface area contributed by atoms with Gasteiger partial charge in [0, 0.05) is 39.8 Å². The van der Waals surface area contributed by atoms with Crippen LogP contribution in [-0.4, -0.2) is 42.7 Å². The summed E-state index contributed by atoms with van der Waals surface area (Å²) in [6.07, 6.45) is 5.26. The van der Waals surface area contributed by atoms with Crippen molar-refractivity contribution in [3.05, 3.63) is 35.2 Å². The molecule has 1 N–H and O–H groups in total. The Morgan fingerprint density at radius 2 is 2.16 bits per heavy atom. The minimum absolute atomic E-state index is 0.139. The largest absolute Gasteiger partial charge is 0.353 e. The van der Waals surface area contributed by atoms with Crippen LogP contribution in [0.3, 0.4) is 0 Å². The lowest BCUT2D eigenvalue weighted by Crippen LogP contribution is -2.46. The van der Waals surface area contributed by atoms with E-state index in [1.807, 2.05) is 36.6 Å². The van der Waals surface area contributed by atoms with Gasteiger partial charge in [0.25, 0.3) is 0 Å². The maximum Gasteiger partial charge on any atom is 0.230 e. The van der Waals surface area contributed by atoms with Gasteiger partial charge >= 0.3 is 0 Å². The van der Waals surface area contributed by atoms with Crippen molar-refractivity contribution in [1.82, 2.24) is 29.5 Å². The van der Waals surface area contributed by atoms with Crippen LogP contribution in [0, 0.1) is 6.92 Å². The predicted molar refractivity (Wildman–Crippen MR) is 93.8 cm³/mol. The molecule has 1 saturated carbocycles. The van der Waals surface area contributed by atoms with Gasteiger partial charge in [0.2, 0.25) is 5.91 Å². The van der Waals surface area contributed by atoms with Crippen molar-refractivity contribution in [1.29, 1.82) is 0 Å². The van der Waals surface area contributed by atoms with Crippen LogP contribution >= 0.6 is 0 Å². The topological polar surface area (TPSA) is 68.0 Å². The standard InChI is InChI=1S/C18H26N6O/c1-12-7-14(23(3)21-12)8-24-9-15(18(25)20-13-5-4-6-13)17-16(10-24)19-11-22(17)2/h7,11,13,15H,4-6,8-10H2,1-3H3,(H,20,25). The van der Waals surface area contributed by atoms with Gasteiger partial charge in [0.15, 0.2) is 0 Å². The summed E-state index contributed by atoms with van der Waals surface area (Å²) >= 11 is 0. The number of carbonyl (C=O) groups is 1. The van der Waals surface area contributed by atoms with Crippen molar-refractivity contribution >= 4 is 5.91 Å². The molecular weight excluding hydrogens is 316 g/mol. The fourth-order valence-electron chi connectivity index (χ4n) is 3.90. The summed E-state index contributed by atoms with van der Waals surface area (Å²) in [5, 5.41) is 7.65. The van der Waals surface area contributed by atoms with Crippen LogP contribution in [0.2, 0.25) is 0 Å². The molecule has 1 amide bonds. The lowest BCUT2D eigenvalue weighted by Gasteiger charge is -2.34. The van der Waals surface area contributed by atoms with Gasteiger partial charge in [-0.3, -0.25) is 14.4 Å². The Balaban J connectivity index is 1.55. The molecule has 1 aliphatic carbocycles. The Bertz CT molecular complexity index is 788. The molecule has 3 heterocycles. The zero-order chi connectivity index (χ0) is 17.6. The smallest absolute Gasteiger partial charge is 0.230 e. The van der Waals surface area contributed by atoms with Crippen LogP contribution in [0.15, 0.2) is 12.4 Å². The van der Waals surface area contributed by atoms with E-state index in [4.69, 9.17) is 0 Å². The van der Waals surface area contributed by atoms with Gasteiger partial charge < -0.3 is 9.88 Å². The van der Waals surface area contributed by atoms with Crippen molar-refractivity contribution in [3.63, 3.8) is 0 Å². The molecule has 2 aliphatic rings. The van der Waals surface area contributed by atoms with Gasteiger partial charge in [0.1, 0.15) is 0 Å². The Hall–Kier alpha value is -2.15. The summed E-state index contributed by atoms with van der Waals surface area (Å²) in [5.74, 6) is -0.0217. The van der Waals surface area contributed by atoms with Crippen LogP contribution < -0.4 is 5.32 Å². The highest BCUT2D eigenvalue weighted by molar-refractivity contribution is 5.84. The Labute approximate surface area is 148 Å². The first-order valence-electron chi connectivity index (χ1n) is 9.03. The quantitative estimate of drug-likeness (QED) is 0.907. The van der Waals surface area contributed by atoms with E-state index >= 15 is 0 Å². The summed E-state index contributed by atoms with van der Waals surface area (Å²) in [4.78, 5) is 19.7. The lowest BCUT2D eigenvalue weighted by molar-refractivity contribution is -0.124. The third-order valence-corrected chi connectivity index (χ3v) is 5.46. The van der Waals surface area contributed by atoms with Crippen molar-refractivity contribution in [2.45, 2.75) is 51.2 Å². The second-order valence-electron chi connectivity index (χ2n) is 7.45. The minimum atomic E-state index is -0.161. The Morgan fingerprint density at radius 1 is 1.36 bits per heavy atom. The summed E-state index contributed by atoms with van der Waals surface area (Å²) in [5.41, 5.74) is 4.26. The summed E-state index contributed by atoms with van der Waals surface area (Å²) in [6, 6.07) is 2.47. The molecule has 0 bridgehead atoms. The lowest BCUT2D eigenvalue weighted by atomic mass is 9.91. The molecule has 7 nitrogen and oxygen atoms in total. The van der Waals surface area contributed by atoms with E-state index in [-0.39, 0.29) is 11.8 Å². The van der Waals surface area contributed by atoms with E-state index < -0.39 is 0 Å². The monoisotopic (exact) mass is 342 g/mol. The summed E-state index contributed by atoms with van der Waals surface area (Å²) < 4.78 is 3.93. The number of nitrogens with one attached hydrogen (secondary N) is 1. The Kier molecular flexibility index (Phi) is 4.11. The van der Waals surface area contributed by atoms with Gasteiger partial charge in [-0.25, -0.2) is 4.98 Å². The summed E-state index contributed by atoms with van der Waals surface area (Å²) in [7, 11) is 3.95. The van der Waals surface area contributed by atoms with Crippen LogP contribution in [0.4, 0.5) is 0 Å². The van der Waals surface area contributed by atoms with Crippen molar-refractivity contribution in [2.24, 2.45) is 14.1 Å². The number of rotatable bonds is 4. The molecule has 0 saturated heterocycles. The van der Waals surface area contributed by atoms with Gasteiger partial charge in [-0.1, -0.05) is 0 Å². The molecule has 1 fully saturated rings. The molecule has 0 aromatic carbocycles. The maximum absolute atomic E-state index is 12.9. The van der Waals surface area contributed by atoms with Crippen LogP contribution in [0.1, 0.15) is 48.0 Å². The number of fused-ring (bicyclic) bond motifs is 1. The molecule has 2 aromatic heterocycles. The molecule has 1 aliphatic heterocycles. The molecule has 4 rings (SSSR count). The van der Waals surface area contributed by atoms with Gasteiger partial charge in [0.05, 0.1) is 35.0 Å². The fraction of sp³-hybridized carbons (Fsp3) is 0.611. The van der Waals surface area contributed by atoms with Crippen LogP contribution in [0.5, 0.6) is 0 Å². The van der Waals surface area contributed by atoms with E-state index in [1.165, 1.54) is 6.42 Å². The second kappa shape index (κ2) is 6.29. The number of aromatic nitrogens is 4. The molecule has 134 valence electrons. The van der Waals surface area contributed by atoms with Crippen molar-refractivity contribution in [3.8, 4) is 0 Å². The van der Waals surface area contributed by atoms with Crippen molar-refractivity contribution in [2.75, 3.05) is 6.54 Å². The van der Waals surface area contributed by atoms with E-state index in [0.717, 1.165) is 55.3 Å². The molecule has 0 spiro atoms. The van der Waals surface area contributed by atoms with Gasteiger partial charge in [-0.15, -0.1) is 0 Å². The molecule has 1 atom stereocenters. The second-order valence-corrected chi connectivity index (χ2v) is 7.45. The van der Waals surface area contributed by atoms with E-state index in [9.17, 15) is 4.79 Å². The average molecular weight is 342 g/mol. The number of nitrogens with zero attached hydrogens (tertiary/aromatic N) is 5. The molecule has 25 heavy (non-hydrogen) atoms. The highest BCUT2D eigenvalue weighted by Gasteiger charge is 2.35. The Morgan fingerprint density at radius 3 is 2.80 bits per heavy atom. The number of hydrogen-bond donors (Lipinski definition) is 1. The zero-order valence-corrected chi connectivity index (χ0v) is 15.2. The van der Waals surface area contributed by atoms with E-state index in [2.05, 4.69) is 26.4 Å². The molecule has 1 unspecified atom stereocenters. The highest BCUT2D eigenvalue weighted by Crippen LogP contribution is 2.29. The van der Waals surface area contributed by atoms with Crippen molar-refractivity contribution < 1.29 is 4.79 Å².